The Labute approximate surface area is 132 Å². The molecule has 4 heteroatoms. The summed E-state index contributed by atoms with van der Waals surface area (Å²) in [5.41, 5.74) is 2.26. The van der Waals surface area contributed by atoms with Gasteiger partial charge in [0.2, 0.25) is 0 Å². The van der Waals surface area contributed by atoms with E-state index in [1.54, 1.807) is 6.08 Å². The van der Waals surface area contributed by atoms with Gasteiger partial charge in [-0.3, -0.25) is 0 Å². The molecule has 0 heterocycles. The third kappa shape index (κ3) is 3.01. The second-order valence-electron chi connectivity index (χ2n) is 5.22. The topological polar surface area (TPSA) is 20.2 Å². The zero-order valence-electron chi connectivity index (χ0n) is 12.1. The molecule has 0 aliphatic heterocycles. The summed E-state index contributed by atoms with van der Waals surface area (Å²) in [6.07, 6.45) is -0.726. The van der Waals surface area contributed by atoms with Crippen LogP contribution in [0.2, 0.25) is 0 Å². The maximum absolute atomic E-state index is 13.0. The number of benzene rings is 2. The van der Waals surface area contributed by atoms with Crippen LogP contribution in [0.4, 0.5) is 13.2 Å². The maximum Gasteiger partial charge on any atom is 0.416 e. The predicted octanol–water partition coefficient (Wildman–Crippen LogP) is 4.32. The lowest BCUT2D eigenvalue weighted by Crippen LogP contribution is -2.08. The normalized spacial score (nSPS) is 15.9. The van der Waals surface area contributed by atoms with Gasteiger partial charge in [0.1, 0.15) is 6.61 Å². The molecule has 0 bridgehead atoms. The predicted molar refractivity (Wildman–Crippen MR) is 83.5 cm³/mol. The van der Waals surface area contributed by atoms with Gasteiger partial charge in [0, 0.05) is 0 Å². The number of halogens is 3. The van der Waals surface area contributed by atoms with Crippen LogP contribution in [0.3, 0.4) is 0 Å². The third-order valence-electron chi connectivity index (χ3n) is 3.80. The highest BCUT2D eigenvalue weighted by Crippen LogP contribution is 2.38. The smallest absolute Gasteiger partial charge is 0.384 e. The maximum atomic E-state index is 13.0. The number of aliphatic hydroxyl groups excluding tert-OH is 1. The molecular weight excluding hydrogens is 301 g/mol. The number of aliphatic hydroxyl groups is 1. The lowest BCUT2D eigenvalue weighted by atomic mass is 9.87. The van der Waals surface area contributed by atoms with Crippen LogP contribution in [0.1, 0.15) is 33.7 Å². The molecule has 1 atom stereocenters. The molecule has 0 saturated heterocycles. The van der Waals surface area contributed by atoms with Crippen LogP contribution in [0, 0.1) is 11.8 Å². The van der Waals surface area contributed by atoms with E-state index in [4.69, 9.17) is 5.11 Å². The molecule has 116 valence electrons. The van der Waals surface area contributed by atoms with E-state index < -0.39 is 17.7 Å². The summed E-state index contributed by atoms with van der Waals surface area (Å²) in [7, 11) is 0. The van der Waals surface area contributed by atoms with Crippen LogP contribution >= 0.6 is 0 Å². The standard InChI is InChI=1S/C19H13F3O/c20-19(21,22)15-10-9-14-8-7-13-4-1-2-5-16(13)17(6-3-11-23)18(14)12-15/h1-2,4-5,7-10,12,17,23H,11H2. The van der Waals surface area contributed by atoms with Gasteiger partial charge in [0.25, 0.3) is 0 Å². The van der Waals surface area contributed by atoms with Crippen LogP contribution in [-0.4, -0.2) is 11.7 Å². The molecule has 2 aromatic carbocycles. The summed E-state index contributed by atoms with van der Waals surface area (Å²) < 4.78 is 39.1. The van der Waals surface area contributed by atoms with Crippen LogP contribution in [0.15, 0.2) is 42.5 Å². The van der Waals surface area contributed by atoms with Crippen molar-refractivity contribution in [1.29, 1.82) is 0 Å². The van der Waals surface area contributed by atoms with Crippen LogP contribution < -0.4 is 0 Å². The Balaban J connectivity index is 2.24. The number of rotatable bonds is 0. The molecule has 1 nitrogen and oxygen atoms in total. The minimum atomic E-state index is -4.40. The fourth-order valence-electron chi connectivity index (χ4n) is 2.73. The molecule has 0 saturated carbocycles. The zero-order valence-corrected chi connectivity index (χ0v) is 12.1. The number of alkyl halides is 3. The van der Waals surface area contributed by atoms with Gasteiger partial charge in [-0.15, -0.1) is 0 Å². The molecule has 23 heavy (non-hydrogen) atoms. The summed E-state index contributed by atoms with van der Waals surface area (Å²) in [5, 5.41) is 8.98. The van der Waals surface area contributed by atoms with E-state index in [9.17, 15) is 13.2 Å². The van der Waals surface area contributed by atoms with E-state index in [-0.39, 0.29) is 6.61 Å². The van der Waals surface area contributed by atoms with Gasteiger partial charge in [-0.1, -0.05) is 54.3 Å². The van der Waals surface area contributed by atoms with E-state index in [0.717, 1.165) is 23.3 Å². The highest BCUT2D eigenvalue weighted by molar-refractivity contribution is 5.77. The SMILES string of the molecule is OCC#CC1c2ccccc2C=Cc2ccc(C(F)(F)F)cc21. The van der Waals surface area contributed by atoms with Crippen molar-refractivity contribution >= 4 is 12.2 Å². The van der Waals surface area contributed by atoms with Gasteiger partial charge in [-0.2, -0.15) is 13.2 Å². The van der Waals surface area contributed by atoms with Crippen molar-refractivity contribution in [1.82, 2.24) is 0 Å². The molecule has 3 rings (SSSR count). The Bertz CT molecular complexity index is 822. The van der Waals surface area contributed by atoms with Gasteiger partial charge in [-0.25, -0.2) is 0 Å². The van der Waals surface area contributed by atoms with Crippen molar-refractivity contribution in [3.63, 3.8) is 0 Å². The van der Waals surface area contributed by atoms with E-state index in [1.165, 1.54) is 6.07 Å². The number of hydrogen-bond acceptors (Lipinski definition) is 1. The first-order valence-corrected chi connectivity index (χ1v) is 7.08. The minimum Gasteiger partial charge on any atom is -0.384 e. The second kappa shape index (κ2) is 5.94. The average Bonchev–Trinajstić information content (AvgIpc) is 2.68. The van der Waals surface area contributed by atoms with Gasteiger partial charge < -0.3 is 5.11 Å². The van der Waals surface area contributed by atoms with Crippen molar-refractivity contribution in [3.8, 4) is 11.8 Å². The summed E-state index contributed by atoms with van der Waals surface area (Å²) in [6, 6.07) is 11.2. The first-order valence-electron chi connectivity index (χ1n) is 7.08. The third-order valence-corrected chi connectivity index (χ3v) is 3.80. The number of fused-ring (bicyclic) bond motifs is 2. The molecule has 0 aromatic heterocycles. The van der Waals surface area contributed by atoms with Crippen molar-refractivity contribution in [2.24, 2.45) is 0 Å². The lowest BCUT2D eigenvalue weighted by Gasteiger charge is -2.17. The molecule has 1 aliphatic rings. The van der Waals surface area contributed by atoms with E-state index >= 15 is 0 Å². The Morgan fingerprint density at radius 1 is 0.957 bits per heavy atom. The van der Waals surface area contributed by atoms with E-state index in [1.807, 2.05) is 30.3 Å². The Kier molecular flexibility index (Phi) is 3.97. The first kappa shape index (κ1) is 15.4. The Morgan fingerprint density at radius 3 is 2.35 bits per heavy atom. The van der Waals surface area contributed by atoms with Crippen LogP contribution in [0.5, 0.6) is 0 Å². The van der Waals surface area contributed by atoms with Crippen molar-refractivity contribution in [3.05, 3.63) is 70.3 Å². The highest BCUT2D eigenvalue weighted by atomic mass is 19.4. The number of hydrogen-bond donors (Lipinski definition) is 1. The quantitative estimate of drug-likeness (QED) is 0.718. The summed E-state index contributed by atoms with van der Waals surface area (Å²) in [5.74, 6) is 4.97. The van der Waals surface area contributed by atoms with Gasteiger partial charge in [0.05, 0.1) is 11.5 Å². The highest BCUT2D eigenvalue weighted by Gasteiger charge is 2.32. The fourth-order valence-corrected chi connectivity index (χ4v) is 2.73. The summed E-state index contributed by atoms with van der Waals surface area (Å²) >= 11 is 0. The fraction of sp³-hybridized carbons (Fsp3) is 0.158. The lowest BCUT2D eigenvalue weighted by molar-refractivity contribution is -0.137. The van der Waals surface area contributed by atoms with E-state index in [0.29, 0.717) is 11.1 Å². The monoisotopic (exact) mass is 314 g/mol. The molecule has 2 aromatic rings. The van der Waals surface area contributed by atoms with Crippen molar-refractivity contribution in [2.45, 2.75) is 12.1 Å². The Morgan fingerprint density at radius 2 is 1.65 bits per heavy atom. The molecule has 1 aliphatic carbocycles. The molecule has 1 unspecified atom stereocenters. The van der Waals surface area contributed by atoms with Gasteiger partial charge in [0.15, 0.2) is 0 Å². The van der Waals surface area contributed by atoms with Crippen LogP contribution in [-0.2, 0) is 6.18 Å². The first-order chi connectivity index (χ1) is 11.0. The molecule has 0 spiro atoms. The zero-order chi connectivity index (χ0) is 16.4. The molecule has 0 fully saturated rings. The summed E-state index contributed by atoms with van der Waals surface area (Å²) in [4.78, 5) is 0. The van der Waals surface area contributed by atoms with Crippen molar-refractivity contribution < 1.29 is 18.3 Å². The van der Waals surface area contributed by atoms with E-state index in [2.05, 4.69) is 11.8 Å². The van der Waals surface area contributed by atoms with Gasteiger partial charge >= 0.3 is 6.18 Å². The molecule has 0 amide bonds. The average molecular weight is 314 g/mol. The molecule has 1 N–H and O–H groups in total. The van der Waals surface area contributed by atoms with Crippen LogP contribution in [0.25, 0.3) is 12.2 Å². The second-order valence-corrected chi connectivity index (χ2v) is 5.22. The van der Waals surface area contributed by atoms with Crippen molar-refractivity contribution in [2.75, 3.05) is 6.61 Å². The Hall–Kier alpha value is -2.51. The summed E-state index contributed by atoms with van der Waals surface area (Å²) in [6.45, 7) is -0.333. The minimum absolute atomic E-state index is 0.333. The molecular formula is C19H13F3O. The van der Waals surface area contributed by atoms with Gasteiger partial charge in [-0.05, 0) is 34.4 Å². The largest absolute Gasteiger partial charge is 0.416 e. The molecule has 0 radical (unpaired) electrons.